The topological polar surface area (TPSA) is 79.4 Å². The van der Waals surface area contributed by atoms with Crippen LogP contribution in [0, 0.1) is 12.8 Å². The summed E-state index contributed by atoms with van der Waals surface area (Å²) in [6.45, 7) is 7.83. The molecule has 2 aromatic rings. The second kappa shape index (κ2) is 6.99. The maximum atomic E-state index is 12.8. The second-order valence-electron chi connectivity index (χ2n) is 6.60. The van der Waals surface area contributed by atoms with E-state index in [1.807, 2.05) is 27.7 Å². The molecule has 7 heteroatoms. The minimum absolute atomic E-state index is 0.192. The van der Waals surface area contributed by atoms with Gasteiger partial charge in [0.1, 0.15) is 0 Å². The number of thiazole rings is 1. The number of hydrogen-bond donors (Lipinski definition) is 1. The lowest BCUT2D eigenvalue weighted by atomic mass is 9.99. The first-order chi connectivity index (χ1) is 12.3. The number of aryl methyl sites for hydroxylation is 1. The third-order valence-electron chi connectivity index (χ3n) is 4.90. The van der Waals surface area contributed by atoms with Crippen LogP contribution >= 0.6 is 11.3 Å². The van der Waals surface area contributed by atoms with Crippen LogP contribution in [0.15, 0.2) is 24.4 Å². The zero-order valence-electron chi connectivity index (χ0n) is 15.2. The van der Waals surface area contributed by atoms with Gasteiger partial charge in [-0.15, -0.1) is 11.3 Å². The lowest BCUT2D eigenvalue weighted by Gasteiger charge is -2.27. The van der Waals surface area contributed by atoms with Crippen LogP contribution in [0.25, 0.3) is 0 Å². The van der Waals surface area contributed by atoms with Crippen molar-refractivity contribution in [1.29, 1.82) is 0 Å². The molecule has 1 aliphatic heterocycles. The number of rotatable bonds is 5. The van der Waals surface area contributed by atoms with Crippen molar-refractivity contribution in [1.82, 2.24) is 9.88 Å². The highest BCUT2D eigenvalue weighted by molar-refractivity contribution is 7.15. The molecule has 0 saturated heterocycles. The standard InChI is InChI=1S/C19H21N3O3S/c1-5-10(2)12(4)22-17(24)14-7-6-13(8-15(14)18(22)25)16(23)21-19-20-9-11(3)26-19/h6-10,12H,5H2,1-4H3,(H,20,21,23). The molecule has 136 valence electrons. The first-order valence-corrected chi connectivity index (χ1v) is 9.40. The molecule has 0 fully saturated rings. The molecule has 0 saturated carbocycles. The fourth-order valence-electron chi connectivity index (χ4n) is 2.95. The normalized spacial score (nSPS) is 15.8. The van der Waals surface area contributed by atoms with Gasteiger partial charge < -0.3 is 0 Å². The summed E-state index contributed by atoms with van der Waals surface area (Å²) in [5.41, 5.74) is 0.968. The van der Waals surface area contributed by atoms with E-state index in [9.17, 15) is 14.4 Å². The maximum absolute atomic E-state index is 12.8. The molecule has 1 N–H and O–H groups in total. The highest BCUT2D eigenvalue weighted by Crippen LogP contribution is 2.29. The molecule has 1 aliphatic rings. The van der Waals surface area contributed by atoms with E-state index in [0.29, 0.717) is 16.3 Å². The average molecular weight is 371 g/mol. The van der Waals surface area contributed by atoms with Gasteiger partial charge >= 0.3 is 0 Å². The summed E-state index contributed by atoms with van der Waals surface area (Å²) in [5.74, 6) is -0.776. The van der Waals surface area contributed by atoms with Crippen molar-refractivity contribution in [3.8, 4) is 0 Å². The first-order valence-electron chi connectivity index (χ1n) is 8.59. The SMILES string of the molecule is CCC(C)C(C)N1C(=O)c2ccc(C(=O)Nc3ncc(C)s3)cc2C1=O. The number of imide groups is 1. The van der Waals surface area contributed by atoms with Crippen LogP contribution < -0.4 is 5.32 Å². The Morgan fingerprint density at radius 3 is 2.54 bits per heavy atom. The van der Waals surface area contributed by atoms with E-state index in [1.165, 1.54) is 22.3 Å². The number of carbonyl (C=O) groups excluding carboxylic acids is 3. The Labute approximate surface area is 156 Å². The van der Waals surface area contributed by atoms with Crippen LogP contribution in [0.1, 0.15) is 63.1 Å². The van der Waals surface area contributed by atoms with Crippen molar-refractivity contribution in [3.63, 3.8) is 0 Å². The third kappa shape index (κ3) is 3.14. The Bertz CT molecular complexity index is 890. The summed E-state index contributed by atoms with van der Waals surface area (Å²) in [6, 6.07) is 4.43. The molecular formula is C19H21N3O3S. The van der Waals surface area contributed by atoms with E-state index in [4.69, 9.17) is 0 Å². The molecule has 2 unspecified atom stereocenters. The largest absolute Gasteiger partial charge is 0.298 e. The minimum atomic E-state index is -0.351. The summed E-state index contributed by atoms with van der Waals surface area (Å²) in [5, 5.41) is 3.22. The Morgan fingerprint density at radius 2 is 1.92 bits per heavy atom. The van der Waals surface area contributed by atoms with Gasteiger partial charge in [0, 0.05) is 22.7 Å². The molecule has 3 rings (SSSR count). The van der Waals surface area contributed by atoms with Gasteiger partial charge in [-0.2, -0.15) is 0 Å². The van der Waals surface area contributed by atoms with E-state index in [2.05, 4.69) is 10.3 Å². The van der Waals surface area contributed by atoms with Crippen LogP contribution in [0.4, 0.5) is 5.13 Å². The van der Waals surface area contributed by atoms with Gasteiger partial charge in [0.25, 0.3) is 17.7 Å². The molecule has 0 bridgehead atoms. The molecule has 2 heterocycles. The van der Waals surface area contributed by atoms with Crippen molar-refractivity contribution in [3.05, 3.63) is 46.0 Å². The Kier molecular flexibility index (Phi) is 4.91. The Morgan fingerprint density at radius 1 is 1.23 bits per heavy atom. The van der Waals surface area contributed by atoms with E-state index < -0.39 is 0 Å². The molecular weight excluding hydrogens is 350 g/mol. The average Bonchev–Trinajstić information content (AvgIpc) is 3.14. The highest BCUT2D eigenvalue weighted by Gasteiger charge is 2.40. The first kappa shape index (κ1) is 18.3. The van der Waals surface area contributed by atoms with Crippen LogP contribution in [0.3, 0.4) is 0 Å². The van der Waals surface area contributed by atoms with Gasteiger partial charge in [0.2, 0.25) is 0 Å². The summed E-state index contributed by atoms with van der Waals surface area (Å²) >= 11 is 1.37. The number of anilines is 1. The quantitative estimate of drug-likeness (QED) is 0.812. The van der Waals surface area contributed by atoms with E-state index >= 15 is 0 Å². The lowest BCUT2D eigenvalue weighted by molar-refractivity contribution is 0.0550. The van der Waals surface area contributed by atoms with Gasteiger partial charge in [-0.3, -0.25) is 24.6 Å². The monoisotopic (exact) mass is 371 g/mol. The number of amides is 3. The molecule has 1 aromatic heterocycles. The lowest BCUT2D eigenvalue weighted by Crippen LogP contribution is -2.41. The number of benzene rings is 1. The molecule has 3 amide bonds. The fourth-order valence-corrected chi connectivity index (χ4v) is 3.61. The van der Waals surface area contributed by atoms with Gasteiger partial charge in [0.05, 0.1) is 11.1 Å². The number of fused-ring (bicyclic) bond motifs is 1. The number of carbonyl (C=O) groups is 3. The zero-order chi connectivity index (χ0) is 19.0. The maximum Gasteiger partial charge on any atom is 0.261 e. The number of nitrogens with zero attached hydrogens (tertiary/aromatic N) is 2. The van der Waals surface area contributed by atoms with Crippen molar-refractivity contribution in [2.45, 2.75) is 40.2 Å². The Balaban J connectivity index is 1.86. The summed E-state index contributed by atoms with van der Waals surface area (Å²) in [7, 11) is 0. The number of aromatic nitrogens is 1. The van der Waals surface area contributed by atoms with Crippen molar-refractivity contribution < 1.29 is 14.4 Å². The molecule has 0 spiro atoms. The molecule has 1 aromatic carbocycles. The van der Waals surface area contributed by atoms with E-state index in [1.54, 1.807) is 18.3 Å². The van der Waals surface area contributed by atoms with Crippen LogP contribution in [-0.4, -0.2) is 33.6 Å². The molecule has 0 radical (unpaired) electrons. The summed E-state index contributed by atoms with van der Waals surface area (Å²) < 4.78 is 0. The molecule has 2 atom stereocenters. The van der Waals surface area contributed by atoms with Crippen molar-refractivity contribution in [2.75, 3.05) is 5.32 Å². The van der Waals surface area contributed by atoms with Crippen molar-refractivity contribution in [2.24, 2.45) is 5.92 Å². The molecule has 6 nitrogen and oxygen atoms in total. The molecule has 26 heavy (non-hydrogen) atoms. The van der Waals surface area contributed by atoms with Crippen LogP contribution in [0.2, 0.25) is 0 Å². The highest BCUT2D eigenvalue weighted by atomic mass is 32.1. The second-order valence-corrected chi connectivity index (χ2v) is 7.83. The van der Waals surface area contributed by atoms with E-state index in [0.717, 1.165) is 11.3 Å². The fraction of sp³-hybridized carbons (Fsp3) is 0.368. The predicted molar refractivity (Wildman–Crippen MR) is 101 cm³/mol. The van der Waals surface area contributed by atoms with Crippen molar-refractivity contribution >= 4 is 34.2 Å². The zero-order valence-corrected chi connectivity index (χ0v) is 16.0. The van der Waals surface area contributed by atoms with Crippen LogP contribution in [-0.2, 0) is 0 Å². The third-order valence-corrected chi connectivity index (χ3v) is 5.72. The predicted octanol–water partition coefficient (Wildman–Crippen LogP) is 3.73. The minimum Gasteiger partial charge on any atom is -0.298 e. The van der Waals surface area contributed by atoms with Gasteiger partial charge in [-0.05, 0) is 38.0 Å². The van der Waals surface area contributed by atoms with Crippen LogP contribution in [0.5, 0.6) is 0 Å². The smallest absolute Gasteiger partial charge is 0.261 e. The number of nitrogens with one attached hydrogen (secondary N) is 1. The summed E-state index contributed by atoms with van der Waals surface area (Å²) in [6.07, 6.45) is 2.55. The summed E-state index contributed by atoms with van der Waals surface area (Å²) in [4.78, 5) is 44.2. The van der Waals surface area contributed by atoms with Gasteiger partial charge in [-0.25, -0.2) is 4.98 Å². The molecule has 0 aliphatic carbocycles. The number of hydrogen-bond acceptors (Lipinski definition) is 5. The Hall–Kier alpha value is -2.54. The van der Waals surface area contributed by atoms with Gasteiger partial charge in [-0.1, -0.05) is 20.3 Å². The van der Waals surface area contributed by atoms with Gasteiger partial charge in [0.15, 0.2) is 5.13 Å². The van der Waals surface area contributed by atoms with E-state index in [-0.39, 0.29) is 35.2 Å².